The molecule has 1 aliphatic heterocycles. The second kappa shape index (κ2) is 6.74. The Morgan fingerprint density at radius 2 is 2.40 bits per heavy atom. The van der Waals surface area contributed by atoms with Gasteiger partial charge in [0.15, 0.2) is 11.0 Å². The Balaban J connectivity index is 1.70. The van der Waals surface area contributed by atoms with Crippen molar-refractivity contribution in [2.75, 3.05) is 12.4 Å². The topological polar surface area (TPSA) is 39.9 Å². The summed E-state index contributed by atoms with van der Waals surface area (Å²) in [6.45, 7) is 3.95. The van der Waals surface area contributed by atoms with Crippen LogP contribution in [0.1, 0.15) is 26.2 Å². The van der Waals surface area contributed by atoms with Gasteiger partial charge in [-0.25, -0.2) is 0 Å². The molecule has 1 unspecified atom stereocenters. The molecule has 0 bridgehead atoms. The average Bonchev–Trinajstić information content (AvgIpc) is 3.14. The second-order valence-corrected chi connectivity index (χ2v) is 6.76. The Morgan fingerprint density at radius 3 is 3.10 bits per heavy atom. The maximum atomic E-state index is 5.78. The van der Waals surface area contributed by atoms with Crippen LogP contribution in [0.5, 0.6) is 0 Å². The van der Waals surface area contributed by atoms with Gasteiger partial charge in [-0.2, -0.15) is 0 Å². The lowest BCUT2D eigenvalue weighted by Gasteiger charge is -2.21. The van der Waals surface area contributed by atoms with Gasteiger partial charge in [0, 0.05) is 18.9 Å². The lowest BCUT2D eigenvalue weighted by atomic mass is 10.1. The Hall–Kier alpha value is -0.850. The Labute approximate surface area is 127 Å². The molecule has 1 saturated heterocycles. The zero-order chi connectivity index (χ0) is 13.8. The van der Waals surface area contributed by atoms with Gasteiger partial charge in [0.05, 0.1) is 11.0 Å². The van der Waals surface area contributed by atoms with E-state index in [0.717, 1.165) is 29.9 Å². The van der Waals surface area contributed by atoms with Gasteiger partial charge in [-0.05, 0) is 37.6 Å². The molecule has 6 heteroatoms. The molecule has 20 heavy (non-hydrogen) atoms. The predicted molar refractivity (Wildman–Crippen MR) is 83.3 cm³/mol. The summed E-state index contributed by atoms with van der Waals surface area (Å²) in [5.41, 5.74) is 0. The fourth-order valence-electron chi connectivity index (χ4n) is 2.37. The number of hydrogen-bond acceptors (Lipinski definition) is 5. The molecule has 1 fully saturated rings. The SMILES string of the molecule is CCn1c(SCC2CCCCO2)nnc1-c1cccs1. The first kappa shape index (κ1) is 14.1. The summed E-state index contributed by atoms with van der Waals surface area (Å²) in [6, 6.07) is 4.15. The summed E-state index contributed by atoms with van der Waals surface area (Å²) in [4.78, 5) is 1.18. The van der Waals surface area contributed by atoms with E-state index in [1.54, 1.807) is 23.1 Å². The highest BCUT2D eigenvalue weighted by Crippen LogP contribution is 2.28. The van der Waals surface area contributed by atoms with E-state index in [-0.39, 0.29) is 0 Å². The van der Waals surface area contributed by atoms with Crippen molar-refractivity contribution in [2.45, 2.75) is 44.0 Å². The number of thiophene rings is 1. The summed E-state index contributed by atoms with van der Waals surface area (Å²) in [5.74, 6) is 1.96. The molecule has 0 aromatic carbocycles. The van der Waals surface area contributed by atoms with Crippen LogP contribution >= 0.6 is 23.1 Å². The van der Waals surface area contributed by atoms with E-state index in [1.807, 2.05) is 0 Å². The van der Waals surface area contributed by atoms with Crippen LogP contribution in [-0.4, -0.2) is 33.2 Å². The lowest BCUT2D eigenvalue weighted by Crippen LogP contribution is -2.21. The number of aromatic nitrogens is 3. The summed E-state index contributed by atoms with van der Waals surface area (Å²) in [5, 5.41) is 11.8. The number of ether oxygens (including phenoxy) is 1. The van der Waals surface area contributed by atoms with Crippen LogP contribution in [0.2, 0.25) is 0 Å². The standard InChI is InChI=1S/C14H19N3OS2/c1-2-17-13(12-7-5-9-19-12)15-16-14(17)20-10-11-6-3-4-8-18-11/h5,7,9,11H,2-4,6,8,10H2,1H3. The molecule has 4 nitrogen and oxygen atoms in total. The minimum Gasteiger partial charge on any atom is -0.377 e. The van der Waals surface area contributed by atoms with Crippen LogP contribution in [0.3, 0.4) is 0 Å². The molecule has 0 spiro atoms. The molecule has 0 saturated carbocycles. The minimum absolute atomic E-state index is 0.376. The maximum Gasteiger partial charge on any atom is 0.191 e. The maximum absolute atomic E-state index is 5.78. The van der Waals surface area contributed by atoms with Gasteiger partial charge < -0.3 is 9.30 Å². The third kappa shape index (κ3) is 3.07. The molecule has 0 radical (unpaired) electrons. The Kier molecular flexibility index (Phi) is 4.75. The summed E-state index contributed by atoms with van der Waals surface area (Å²) in [6.07, 6.45) is 4.03. The molecule has 0 amide bonds. The Morgan fingerprint density at radius 1 is 1.45 bits per heavy atom. The predicted octanol–water partition coefficient (Wildman–Crippen LogP) is 3.69. The van der Waals surface area contributed by atoms with Crippen molar-refractivity contribution >= 4 is 23.1 Å². The molecular formula is C14H19N3OS2. The molecule has 1 aliphatic rings. The van der Waals surface area contributed by atoms with Crippen molar-refractivity contribution in [1.29, 1.82) is 0 Å². The van der Waals surface area contributed by atoms with E-state index in [9.17, 15) is 0 Å². The molecular weight excluding hydrogens is 290 g/mol. The van der Waals surface area contributed by atoms with Crippen molar-refractivity contribution in [3.8, 4) is 10.7 Å². The van der Waals surface area contributed by atoms with E-state index >= 15 is 0 Å². The largest absolute Gasteiger partial charge is 0.377 e. The highest BCUT2D eigenvalue weighted by molar-refractivity contribution is 7.99. The molecule has 2 aromatic rings. The summed E-state index contributed by atoms with van der Waals surface area (Å²) >= 11 is 3.47. The van der Waals surface area contributed by atoms with Crippen LogP contribution in [0, 0.1) is 0 Å². The molecule has 108 valence electrons. The number of rotatable bonds is 5. The quantitative estimate of drug-likeness (QED) is 0.790. The monoisotopic (exact) mass is 309 g/mol. The van der Waals surface area contributed by atoms with Crippen LogP contribution in [-0.2, 0) is 11.3 Å². The van der Waals surface area contributed by atoms with Crippen LogP contribution in [0.25, 0.3) is 10.7 Å². The highest BCUT2D eigenvalue weighted by atomic mass is 32.2. The van der Waals surface area contributed by atoms with Crippen LogP contribution in [0.15, 0.2) is 22.7 Å². The second-order valence-electron chi connectivity index (χ2n) is 4.83. The van der Waals surface area contributed by atoms with Crippen molar-refractivity contribution < 1.29 is 4.74 Å². The van der Waals surface area contributed by atoms with E-state index in [4.69, 9.17) is 4.74 Å². The van der Waals surface area contributed by atoms with Gasteiger partial charge in [0.25, 0.3) is 0 Å². The van der Waals surface area contributed by atoms with E-state index in [0.29, 0.717) is 6.10 Å². The number of thioether (sulfide) groups is 1. The van der Waals surface area contributed by atoms with E-state index < -0.39 is 0 Å². The first-order valence-corrected chi connectivity index (χ1v) is 8.96. The smallest absolute Gasteiger partial charge is 0.191 e. The first-order chi connectivity index (χ1) is 9.88. The molecule has 0 N–H and O–H groups in total. The van der Waals surface area contributed by atoms with Crippen LogP contribution < -0.4 is 0 Å². The van der Waals surface area contributed by atoms with Crippen molar-refractivity contribution in [1.82, 2.24) is 14.8 Å². The van der Waals surface area contributed by atoms with Gasteiger partial charge in [-0.15, -0.1) is 21.5 Å². The van der Waals surface area contributed by atoms with Crippen molar-refractivity contribution in [3.05, 3.63) is 17.5 Å². The van der Waals surface area contributed by atoms with Gasteiger partial charge in [-0.1, -0.05) is 17.8 Å². The first-order valence-electron chi connectivity index (χ1n) is 7.10. The third-order valence-electron chi connectivity index (χ3n) is 3.45. The highest BCUT2D eigenvalue weighted by Gasteiger charge is 2.18. The molecule has 3 heterocycles. The zero-order valence-electron chi connectivity index (χ0n) is 11.6. The minimum atomic E-state index is 0.376. The summed E-state index contributed by atoms with van der Waals surface area (Å²) in [7, 11) is 0. The van der Waals surface area contributed by atoms with Gasteiger partial charge in [0.1, 0.15) is 0 Å². The molecule has 1 atom stereocenters. The zero-order valence-corrected chi connectivity index (χ0v) is 13.3. The fourth-order valence-corrected chi connectivity index (χ4v) is 4.16. The van der Waals surface area contributed by atoms with E-state index in [1.165, 1.54) is 24.1 Å². The molecule has 0 aliphatic carbocycles. The number of nitrogens with zero attached hydrogens (tertiary/aromatic N) is 3. The molecule has 3 rings (SSSR count). The number of hydrogen-bond donors (Lipinski definition) is 0. The lowest BCUT2D eigenvalue weighted by molar-refractivity contribution is 0.0315. The fraction of sp³-hybridized carbons (Fsp3) is 0.571. The van der Waals surface area contributed by atoms with Crippen LogP contribution in [0.4, 0.5) is 0 Å². The summed E-state index contributed by atoms with van der Waals surface area (Å²) < 4.78 is 7.97. The van der Waals surface area contributed by atoms with Crippen molar-refractivity contribution in [3.63, 3.8) is 0 Å². The van der Waals surface area contributed by atoms with Gasteiger partial charge in [0.2, 0.25) is 0 Å². The van der Waals surface area contributed by atoms with Crippen molar-refractivity contribution in [2.24, 2.45) is 0 Å². The molecule has 2 aromatic heterocycles. The van der Waals surface area contributed by atoms with E-state index in [2.05, 4.69) is 39.2 Å². The van der Waals surface area contributed by atoms with Gasteiger partial charge >= 0.3 is 0 Å². The normalized spacial score (nSPS) is 19.4. The average molecular weight is 309 g/mol. The Bertz CT molecular complexity index is 533. The van der Waals surface area contributed by atoms with Gasteiger partial charge in [-0.3, -0.25) is 0 Å². The third-order valence-corrected chi connectivity index (χ3v) is 5.41.